The molecule has 0 unspecified atom stereocenters. The van der Waals surface area contributed by atoms with Gasteiger partial charge in [0.25, 0.3) is 0 Å². The van der Waals surface area contributed by atoms with Crippen molar-refractivity contribution in [3.8, 4) is 0 Å². The van der Waals surface area contributed by atoms with Crippen molar-refractivity contribution in [3.63, 3.8) is 0 Å². The Labute approximate surface area is 115 Å². The predicted molar refractivity (Wildman–Crippen MR) is 70.3 cm³/mol. The lowest BCUT2D eigenvalue weighted by Gasteiger charge is -2.11. The molecule has 0 spiro atoms. The summed E-state index contributed by atoms with van der Waals surface area (Å²) in [5.74, 6) is -1.55. The van der Waals surface area contributed by atoms with Crippen LogP contribution < -0.4 is 0 Å². The van der Waals surface area contributed by atoms with Gasteiger partial charge in [-0.05, 0) is 18.1 Å². The number of sulfone groups is 1. The van der Waals surface area contributed by atoms with Crippen LogP contribution >= 0.6 is 23.2 Å². The van der Waals surface area contributed by atoms with E-state index in [4.69, 9.17) is 28.3 Å². The molecule has 7 heteroatoms. The Hall–Kier alpha value is -0.780. The molecule has 1 N–H and O–H groups in total. The van der Waals surface area contributed by atoms with E-state index in [9.17, 15) is 13.2 Å². The van der Waals surface area contributed by atoms with Crippen LogP contribution in [-0.4, -0.2) is 25.2 Å². The van der Waals surface area contributed by atoms with Crippen LogP contribution in [-0.2, 0) is 9.84 Å². The Kier molecular flexibility index (Phi) is 4.64. The van der Waals surface area contributed by atoms with E-state index in [1.807, 2.05) is 0 Å². The molecular weight excluding hydrogens is 299 g/mol. The summed E-state index contributed by atoms with van der Waals surface area (Å²) in [6.07, 6.45) is 0. The van der Waals surface area contributed by atoms with Crippen LogP contribution in [0, 0.1) is 5.92 Å². The van der Waals surface area contributed by atoms with Crippen LogP contribution in [0.4, 0.5) is 0 Å². The molecule has 0 aromatic heterocycles. The van der Waals surface area contributed by atoms with E-state index in [1.54, 1.807) is 13.8 Å². The van der Waals surface area contributed by atoms with E-state index in [0.29, 0.717) is 0 Å². The minimum Gasteiger partial charge on any atom is -0.478 e. The molecular formula is C11H12Cl2O4S. The molecule has 1 rings (SSSR count). The summed E-state index contributed by atoms with van der Waals surface area (Å²) in [5.41, 5.74) is -0.386. The summed E-state index contributed by atoms with van der Waals surface area (Å²) in [6, 6.07) is 2.46. The molecule has 0 aliphatic heterocycles. The topological polar surface area (TPSA) is 71.4 Å². The summed E-state index contributed by atoms with van der Waals surface area (Å²) in [5, 5.41) is 8.53. The van der Waals surface area contributed by atoms with Crippen molar-refractivity contribution in [1.29, 1.82) is 0 Å². The fourth-order valence-corrected chi connectivity index (χ4v) is 4.09. The first-order valence-electron chi connectivity index (χ1n) is 5.11. The first-order valence-corrected chi connectivity index (χ1v) is 7.51. The molecule has 4 nitrogen and oxygen atoms in total. The van der Waals surface area contributed by atoms with Gasteiger partial charge in [0.15, 0.2) is 9.84 Å². The Morgan fingerprint density at radius 3 is 2.33 bits per heavy atom. The van der Waals surface area contributed by atoms with Gasteiger partial charge < -0.3 is 5.11 Å². The Bertz CT molecular complexity index is 579. The zero-order chi connectivity index (χ0) is 14.1. The van der Waals surface area contributed by atoms with Gasteiger partial charge in [0.1, 0.15) is 0 Å². The fourth-order valence-electron chi connectivity index (χ4n) is 1.50. The van der Waals surface area contributed by atoms with E-state index in [2.05, 4.69) is 0 Å². The van der Waals surface area contributed by atoms with Crippen molar-refractivity contribution in [2.75, 3.05) is 5.75 Å². The van der Waals surface area contributed by atoms with Crippen molar-refractivity contribution in [2.24, 2.45) is 5.92 Å². The number of carboxylic acid groups (broad SMARTS) is 1. The molecule has 100 valence electrons. The Morgan fingerprint density at radius 1 is 1.33 bits per heavy atom. The van der Waals surface area contributed by atoms with E-state index >= 15 is 0 Å². The lowest BCUT2D eigenvalue weighted by atomic mass is 10.2. The minimum absolute atomic E-state index is 0.0870. The molecule has 0 atom stereocenters. The smallest absolute Gasteiger partial charge is 0.338 e. The molecule has 18 heavy (non-hydrogen) atoms. The monoisotopic (exact) mass is 310 g/mol. The maximum absolute atomic E-state index is 12.0. The normalized spacial score (nSPS) is 11.8. The summed E-state index contributed by atoms with van der Waals surface area (Å²) in [4.78, 5) is 10.8. The average Bonchev–Trinajstić information content (AvgIpc) is 2.13. The van der Waals surface area contributed by atoms with Crippen molar-refractivity contribution < 1.29 is 18.3 Å². The second-order valence-electron chi connectivity index (χ2n) is 4.21. The molecule has 0 radical (unpaired) electrons. The zero-order valence-electron chi connectivity index (χ0n) is 9.78. The highest BCUT2D eigenvalue weighted by Gasteiger charge is 2.25. The molecule has 0 aliphatic rings. The Balaban J connectivity index is 3.45. The summed E-state index contributed by atoms with van der Waals surface area (Å²) in [7, 11) is -3.62. The largest absolute Gasteiger partial charge is 0.478 e. The minimum atomic E-state index is -3.62. The molecule has 0 amide bonds. The van der Waals surface area contributed by atoms with Crippen molar-refractivity contribution in [1.82, 2.24) is 0 Å². The number of aromatic carboxylic acids is 1. The van der Waals surface area contributed by atoms with E-state index in [-0.39, 0.29) is 32.2 Å². The molecule has 1 aromatic carbocycles. The fraction of sp³-hybridized carbons (Fsp3) is 0.364. The molecule has 0 fully saturated rings. The number of hydrogen-bond acceptors (Lipinski definition) is 3. The van der Waals surface area contributed by atoms with Gasteiger partial charge in [0, 0.05) is 0 Å². The number of hydrogen-bond donors (Lipinski definition) is 1. The summed E-state index contributed by atoms with van der Waals surface area (Å²) < 4.78 is 24.1. The number of halogens is 2. The van der Waals surface area contributed by atoms with Gasteiger partial charge in [-0.3, -0.25) is 0 Å². The summed E-state index contributed by atoms with van der Waals surface area (Å²) >= 11 is 11.5. The van der Waals surface area contributed by atoms with Gasteiger partial charge in [0.05, 0.1) is 26.3 Å². The molecule has 1 aromatic rings. The van der Waals surface area contributed by atoms with Crippen molar-refractivity contribution >= 4 is 39.0 Å². The van der Waals surface area contributed by atoms with E-state index in [1.165, 1.54) is 12.1 Å². The highest BCUT2D eigenvalue weighted by molar-refractivity contribution is 7.91. The number of carbonyl (C=O) groups is 1. The third kappa shape index (κ3) is 3.16. The third-order valence-corrected chi connectivity index (χ3v) is 5.09. The average molecular weight is 311 g/mol. The molecule has 0 bridgehead atoms. The first-order chi connectivity index (χ1) is 8.16. The van der Waals surface area contributed by atoms with Gasteiger partial charge in [0.2, 0.25) is 0 Å². The van der Waals surface area contributed by atoms with Crippen molar-refractivity contribution in [2.45, 2.75) is 18.7 Å². The molecule has 0 saturated carbocycles. The predicted octanol–water partition coefficient (Wildman–Crippen LogP) is 3.12. The van der Waals surface area contributed by atoms with Crippen LogP contribution in [0.25, 0.3) is 0 Å². The lowest BCUT2D eigenvalue weighted by Crippen LogP contribution is -2.14. The zero-order valence-corrected chi connectivity index (χ0v) is 12.1. The number of benzene rings is 1. The van der Waals surface area contributed by atoms with Gasteiger partial charge in [-0.2, -0.15) is 0 Å². The van der Waals surface area contributed by atoms with Crippen LogP contribution in [0.15, 0.2) is 17.0 Å². The first kappa shape index (κ1) is 15.3. The van der Waals surface area contributed by atoms with Gasteiger partial charge in [-0.25, -0.2) is 13.2 Å². The van der Waals surface area contributed by atoms with Gasteiger partial charge in [-0.15, -0.1) is 0 Å². The molecule has 0 aliphatic carbocycles. The van der Waals surface area contributed by atoms with E-state index in [0.717, 1.165) is 0 Å². The van der Waals surface area contributed by atoms with Crippen LogP contribution in [0.2, 0.25) is 10.0 Å². The standard InChI is InChI=1S/C11H12Cl2O4S/c1-6(2)5-18(16,17)8-4-3-7(12)9(10(8)13)11(14)15/h3-4,6H,5H2,1-2H3,(H,14,15). The number of carboxylic acids is 1. The van der Waals surface area contributed by atoms with Crippen LogP contribution in [0.1, 0.15) is 24.2 Å². The van der Waals surface area contributed by atoms with Gasteiger partial charge in [-0.1, -0.05) is 37.0 Å². The van der Waals surface area contributed by atoms with Crippen LogP contribution in [0.3, 0.4) is 0 Å². The summed E-state index contributed by atoms with van der Waals surface area (Å²) in [6.45, 7) is 3.50. The second-order valence-corrected chi connectivity index (χ2v) is 7.00. The van der Waals surface area contributed by atoms with Gasteiger partial charge >= 0.3 is 5.97 Å². The number of rotatable bonds is 4. The highest BCUT2D eigenvalue weighted by Crippen LogP contribution is 2.32. The Morgan fingerprint density at radius 2 is 1.89 bits per heavy atom. The van der Waals surface area contributed by atoms with Crippen LogP contribution in [0.5, 0.6) is 0 Å². The highest BCUT2D eigenvalue weighted by atomic mass is 35.5. The molecule has 0 heterocycles. The lowest BCUT2D eigenvalue weighted by molar-refractivity contribution is 0.0697. The second kappa shape index (κ2) is 5.47. The SMILES string of the molecule is CC(C)CS(=O)(=O)c1ccc(Cl)c(C(=O)O)c1Cl. The van der Waals surface area contributed by atoms with E-state index < -0.39 is 15.8 Å². The van der Waals surface area contributed by atoms with Crippen molar-refractivity contribution in [3.05, 3.63) is 27.7 Å². The maximum Gasteiger partial charge on any atom is 0.338 e. The maximum atomic E-state index is 12.0. The third-order valence-electron chi connectivity index (χ3n) is 2.16. The molecule has 0 saturated heterocycles. The quantitative estimate of drug-likeness (QED) is 0.927.